The molecule has 0 aromatic carbocycles. The molecule has 3 N–H and O–H groups in total. The second-order valence-corrected chi connectivity index (χ2v) is 10.3. The summed E-state index contributed by atoms with van der Waals surface area (Å²) < 4.78 is 35.4. The Hall–Kier alpha value is -3.25. The zero-order valence-corrected chi connectivity index (χ0v) is 20.2. The number of nitrogens with one attached hydrogen (secondary N) is 3. The molecule has 2 atom stereocenters. The van der Waals surface area contributed by atoms with Gasteiger partial charge in [-0.3, -0.25) is 19.8 Å². The van der Waals surface area contributed by atoms with Crippen molar-refractivity contribution in [1.29, 1.82) is 0 Å². The molecule has 0 bridgehead atoms. The number of amides is 4. The van der Waals surface area contributed by atoms with Crippen LogP contribution in [0.4, 0.5) is 13.6 Å². The lowest BCUT2D eigenvalue weighted by molar-refractivity contribution is -0.130. The van der Waals surface area contributed by atoms with Gasteiger partial charge in [0.15, 0.2) is 5.69 Å². The minimum Gasteiger partial charge on any atom is -0.442 e. The van der Waals surface area contributed by atoms with Crippen molar-refractivity contribution in [2.45, 2.75) is 71.4 Å². The molecule has 194 valence electrons. The highest BCUT2D eigenvalue weighted by Crippen LogP contribution is 2.48. The van der Waals surface area contributed by atoms with Gasteiger partial charge in [0.25, 0.3) is 18.2 Å². The van der Waals surface area contributed by atoms with Crippen molar-refractivity contribution in [1.82, 2.24) is 26.2 Å². The number of carbonyl (C=O) groups is 4. The molecule has 4 amide bonds. The Morgan fingerprint density at radius 3 is 2.54 bits per heavy atom. The molecule has 1 saturated carbocycles. The summed E-state index contributed by atoms with van der Waals surface area (Å²) >= 11 is 0. The standard InChI is InChI=1S/C22H31F2N5O6/c1-21(2,3)34-20(33)29(11-12-5-8-25-17(12)30)27-19(32)14(10-22(4)6-7-22)26-18(31)13-9-15(16(23)24)35-28-13/h9,12,14,16H,5-8,10-11H2,1-4H3,(H,25,30)(H,26,31)(H,27,32)/t12-,14?/m0/s1. The Morgan fingerprint density at radius 1 is 1.34 bits per heavy atom. The summed E-state index contributed by atoms with van der Waals surface area (Å²) in [6, 6.07) is -0.302. The maximum absolute atomic E-state index is 13.2. The number of hydrazine groups is 1. The van der Waals surface area contributed by atoms with E-state index in [0.717, 1.165) is 23.9 Å². The summed E-state index contributed by atoms with van der Waals surface area (Å²) in [5, 5.41) is 9.45. The monoisotopic (exact) mass is 499 g/mol. The van der Waals surface area contributed by atoms with Gasteiger partial charge in [0.2, 0.25) is 11.7 Å². The van der Waals surface area contributed by atoms with Crippen molar-refractivity contribution < 1.29 is 37.2 Å². The van der Waals surface area contributed by atoms with E-state index in [1.165, 1.54) is 0 Å². The third-order valence-corrected chi connectivity index (χ3v) is 5.82. The van der Waals surface area contributed by atoms with Gasteiger partial charge in [-0.25, -0.2) is 18.6 Å². The molecule has 1 aromatic rings. The van der Waals surface area contributed by atoms with Crippen LogP contribution in [-0.2, 0) is 14.3 Å². The van der Waals surface area contributed by atoms with Crippen LogP contribution in [0.5, 0.6) is 0 Å². The first-order valence-corrected chi connectivity index (χ1v) is 11.4. The molecule has 1 saturated heterocycles. The molecule has 2 aliphatic rings. The van der Waals surface area contributed by atoms with Crippen LogP contribution in [0.25, 0.3) is 0 Å². The minimum atomic E-state index is -2.94. The van der Waals surface area contributed by atoms with E-state index in [1.54, 1.807) is 20.8 Å². The van der Waals surface area contributed by atoms with E-state index >= 15 is 0 Å². The summed E-state index contributed by atoms with van der Waals surface area (Å²) in [7, 11) is 0. The summed E-state index contributed by atoms with van der Waals surface area (Å²) in [5.41, 5.74) is 1.02. The quantitative estimate of drug-likeness (QED) is 0.466. The molecule has 1 aromatic heterocycles. The SMILES string of the molecule is CC1(CC(NC(=O)c2cc(C(F)F)on2)C(=O)NN(C[C@@H]2CCNC2=O)C(=O)OC(C)(C)C)CC1. The Bertz CT molecular complexity index is 972. The van der Waals surface area contributed by atoms with Crippen molar-refractivity contribution >= 4 is 23.8 Å². The number of aromatic nitrogens is 1. The molecule has 1 unspecified atom stereocenters. The fourth-order valence-electron chi connectivity index (χ4n) is 3.58. The number of nitrogens with zero attached hydrogens (tertiary/aromatic N) is 2. The van der Waals surface area contributed by atoms with Gasteiger partial charge < -0.3 is 19.9 Å². The normalized spacial score (nSPS) is 19.6. The van der Waals surface area contributed by atoms with Crippen LogP contribution in [0.15, 0.2) is 10.6 Å². The van der Waals surface area contributed by atoms with Gasteiger partial charge in [0.1, 0.15) is 11.6 Å². The van der Waals surface area contributed by atoms with Gasteiger partial charge in [0.05, 0.1) is 12.5 Å². The molecular formula is C22H31F2N5O6. The number of halogens is 2. The van der Waals surface area contributed by atoms with Crippen molar-refractivity contribution in [2.24, 2.45) is 11.3 Å². The molecule has 2 heterocycles. The van der Waals surface area contributed by atoms with E-state index in [-0.39, 0.29) is 24.3 Å². The van der Waals surface area contributed by atoms with Crippen LogP contribution in [0.1, 0.15) is 76.1 Å². The molecule has 35 heavy (non-hydrogen) atoms. The molecule has 11 nitrogen and oxygen atoms in total. The molecule has 1 aliphatic carbocycles. The van der Waals surface area contributed by atoms with Crippen molar-refractivity contribution in [3.63, 3.8) is 0 Å². The van der Waals surface area contributed by atoms with Crippen molar-refractivity contribution in [2.75, 3.05) is 13.1 Å². The number of hydrogen-bond acceptors (Lipinski definition) is 7. The number of alkyl halides is 2. The molecule has 1 aliphatic heterocycles. The molecule has 2 fully saturated rings. The first kappa shape index (κ1) is 26.4. The predicted octanol–water partition coefficient (Wildman–Crippen LogP) is 2.31. The van der Waals surface area contributed by atoms with Crippen LogP contribution in [0, 0.1) is 11.3 Å². The summed E-state index contributed by atoms with van der Waals surface area (Å²) in [6.45, 7) is 7.26. The van der Waals surface area contributed by atoms with E-state index in [4.69, 9.17) is 4.74 Å². The fourth-order valence-corrected chi connectivity index (χ4v) is 3.58. The molecular weight excluding hydrogens is 468 g/mol. The van der Waals surface area contributed by atoms with E-state index in [1.807, 2.05) is 6.92 Å². The smallest absolute Gasteiger partial charge is 0.429 e. The number of carbonyl (C=O) groups excluding carboxylic acids is 4. The summed E-state index contributed by atoms with van der Waals surface area (Å²) in [4.78, 5) is 50.7. The maximum atomic E-state index is 13.2. The highest BCUT2D eigenvalue weighted by molar-refractivity contribution is 5.96. The lowest BCUT2D eigenvalue weighted by Gasteiger charge is -2.30. The van der Waals surface area contributed by atoms with Crippen LogP contribution in [0.2, 0.25) is 0 Å². The van der Waals surface area contributed by atoms with E-state index in [2.05, 4.69) is 25.7 Å². The highest BCUT2D eigenvalue weighted by Gasteiger charge is 2.42. The van der Waals surface area contributed by atoms with Crippen LogP contribution < -0.4 is 16.1 Å². The van der Waals surface area contributed by atoms with Crippen molar-refractivity contribution in [3.05, 3.63) is 17.5 Å². The fraction of sp³-hybridized carbons (Fsp3) is 0.682. The van der Waals surface area contributed by atoms with Gasteiger partial charge in [0, 0.05) is 12.6 Å². The number of rotatable bonds is 8. The highest BCUT2D eigenvalue weighted by atomic mass is 19.3. The number of hydrogen-bond donors (Lipinski definition) is 3. The first-order valence-electron chi connectivity index (χ1n) is 11.4. The first-order chi connectivity index (χ1) is 16.3. The van der Waals surface area contributed by atoms with Crippen LogP contribution >= 0.6 is 0 Å². The Kier molecular flexibility index (Phi) is 7.65. The third kappa shape index (κ3) is 7.36. The molecule has 13 heteroatoms. The average molecular weight is 500 g/mol. The van der Waals surface area contributed by atoms with E-state index in [9.17, 15) is 28.0 Å². The van der Waals surface area contributed by atoms with Gasteiger partial charge in [-0.15, -0.1) is 0 Å². The van der Waals surface area contributed by atoms with Crippen molar-refractivity contribution in [3.8, 4) is 0 Å². The van der Waals surface area contributed by atoms with Gasteiger partial charge in [-0.05, 0) is 51.9 Å². The molecule has 3 rings (SSSR count). The topological polar surface area (TPSA) is 143 Å². The van der Waals surface area contributed by atoms with Crippen LogP contribution in [-0.4, -0.2) is 58.7 Å². The maximum Gasteiger partial charge on any atom is 0.429 e. The Morgan fingerprint density at radius 2 is 2.03 bits per heavy atom. The Balaban J connectivity index is 1.75. The van der Waals surface area contributed by atoms with Gasteiger partial charge >= 0.3 is 6.09 Å². The lowest BCUT2D eigenvalue weighted by atomic mass is 9.98. The molecule has 0 spiro atoms. The third-order valence-electron chi connectivity index (χ3n) is 5.82. The zero-order valence-electron chi connectivity index (χ0n) is 20.2. The van der Waals surface area contributed by atoms with Gasteiger partial charge in [-0.1, -0.05) is 12.1 Å². The van der Waals surface area contributed by atoms with E-state index < -0.39 is 53.3 Å². The van der Waals surface area contributed by atoms with Crippen LogP contribution in [0.3, 0.4) is 0 Å². The second-order valence-electron chi connectivity index (χ2n) is 10.3. The second kappa shape index (κ2) is 10.2. The van der Waals surface area contributed by atoms with Gasteiger partial charge in [-0.2, -0.15) is 0 Å². The molecule has 0 radical (unpaired) electrons. The minimum absolute atomic E-state index is 0.120. The Labute approximate surface area is 201 Å². The lowest BCUT2D eigenvalue weighted by Crippen LogP contribution is -2.56. The predicted molar refractivity (Wildman–Crippen MR) is 117 cm³/mol. The zero-order chi connectivity index (χ0) is 26.0. The number of ether oxygens (including phenoxy) is 1. The average Bonchev–Trinajstić information content (AvgIpc) is 3.13. The summed E-state index contributed by atoms with van der Waals surface area (Å²) in [5.74, 6) is -3.14. The summed E-state index contributed by atoms with van der Waals surface area (Å²) in [6.07, 6.45) is -1.40. The van der Waals surface area contributed by atoms with E-state index in [0.29, 0.717) is 13.0 Å². The largest absolute Gasteiger partial charge is 0.442 e.